The Morgan fingerprint density at radius 2 is 1.45 bits per heavy atom. The van der Waals surface area contributed by atoms with Crippen molar-refractivity contribution in [2.45, 2.75) is 31.5 Å². The van der Waals surface area contributed by atoms with Crippen LogP contribution >= 0.6 is 0 Å². The third kappa shape index (κ3) is 8.17. The number of carbonyl (C=O) groups excluding carboxylic acids is 4. The van der Waals surface area contributed by atoms with Crippen molar-refractivity contribution in [2.75, 3.05) is 7.11 Å². The number of alkyl carbamates (subject to hydrolysis) is 1. The molecule has 0 bridgehead atoms. The molecule has 164 valence electrons. The first-order chi connectivity index (χ1) is 14.9. The SMILES string of the molecule is COC(=O)C(Cc1ccccc1)NC(=O)C(CC(N)=O)NC(=O)OCc1ccccc1. The molecular weight excluding hydrogens is 402 g/mol. The van der Waals surface area contributed by atoms with Crippen LogP contribution in [0.3, 0.4) is 0 Å². The number of rotatable bonds is 10. The first-order valence-corrected chi connectivity index (χ1v) is 9.56. The molecule has 0 aliphatic carbocycles. The van der Waals surface area contributed by atoms with E-state index < -0.39 is 42.4 Å². The molecule has 9 heteroatoms. The number of methoxy groups -OCH3 is 1. The molecule has 0 heterocycles. The third-order valence-electron chi connectivity index (χ3n) is 4.31. The van der Waals surface area contributed by atoms with Gasteiger partial charge in [-0.05, 0) is 11.1 Å². The number of nitrogens with one attached hydrogen (secondary N) is 2. The highest BCUT2D eigenvalue weighted by molar-refractivity contribution is 5.93. The number of benzene rings is 2. The number of hydrogen-bond donors (Lipinski definition) is 3. The highest BCUT2D eigenvalue weighted by atomic mass is 16.5. The van der Waals surface area contributed by atoms with Crippen LogP contribution in [0.5, 0.6) is 0 Å². The van der Waals surface area contributed by atoms with E-state index >= 15 is 0 Å². The fraction of sp³-hybridized carbons (Fsp3) is 0.273. The summed E-state index contributed by atoms with van der Waals surface area (Å²) in [5.74, 6) is -2.23. The predicted molar refractivity (Wildman–Crippen MR) is 111 cm³/mol. The number of amides is 3. The van der Waals surface area contributed by atoms with E-state index in [1.165, 1.54) is 7.11 Å². The summed E-state index contributed by atoms with van der Waals surface area (Å²) in [5, 5.41) is 4.83. The van der Waals surface area contributed by atoms with Gasteiger partial charge in [-0.3, -0.25) is 9.59 Å². The number of carbonyl (C=O) groups is 4. The number of nitrogens with two attached hydrogens (primary N) is 1. The van der Waals surface area contributed by atoms with Gasteiger partial charge >= 0.3 is 12.1 Å². The van der Waals surface area contributed by atoms with Crippen LogP contribution in [0.2, 0.25) is 0 Å². The van der Waals surface area contributed by atoms with Gasteiger partial charge in [-0.2, -0.15) is 0 Å². The molecular formula is C22H25N3O6. The lowest BCUT2D eigenvalue weighted by Gasteiger charge is -2.21. The quantitative estimate of drug-likeness (QED) is 0.485. The number of esters is 1. The van der Waals surface area contributed by atoms with Crippen molar-refractivity contribution in [1.29, 1.82) is 0 Å². The van der Waals surface area contributed by atoms with E-state index in [0.717, 1.165) is 11.1 Å². The monoisotopic (exact) mass is 427 g/mol. The Hall–Kier alpha value is -3.88. The van der Waals surface area contributed by atoms with E-state index in [1.54, 1.807) is 48.5 Å². The maximum absolute atomic E-state index is 12.7. The molecule has 0 spiro atoms. The number of primary amides is 1. The van der Waals surface area contributed by atoms with E-state index in [4.69, 9.17) is 15.2 Å². The minimum absolute atomic E-state index is 0.0175. The molecule has 2 unspecified atom stereocenters. The molecule has 2 atom stereocenters. The summed E-state index contributed by atoms with van der Waals surface area (Å²) in [7, 11) is 1.20. The maximum Gasteiger partial charge on any atom is 0.408 e. The standard InChI is InChI=1S/C22H25N3O6/c1-30-21(28)18(12-15-8-4-2-5-9-15)24-20(27)17(13-19(23)26)25-22(29)31-14-16-10-6-3-7-11-16/h2-11,17-18H,12-14H2,1H3,(H2,23,26)(H,24,27)(H,25,29). The highest BCUT2D eigenvalue weighted by Crippen LogP contribution is 2.06. The Bertz CT molecular complexity index is 889. The van der Waals surface area contributed by atoms with Gasteiger partial charge in [0.15, 0.2) is 0 Å². The summed E-state index contributed by atoms with van der Waals surface area (Å²) in [5.41, 5.74) is 6.75. The summed E-state index contributed by atoms with van der Waals surface area (Å²) in [6, 6.07) is 15.6. The van der Waals surface area contributed by atoms with Crippen molar-refractivity contribution in [2.24, 2.45) is 5.73 Å². The van der Waals surface area contributed by atoms with Crippen LogP contribution in [0.25, 0.3) is 0 Å². The van der Waals surface area contributed by atoms with E-state index in [0.29, 0.717) is 0 Å². The van der Waals surface area contributed by atoms with Crippen molar-refractivity contribution in [3.63, 3.8) is 0 Å². The van der Waals surface area contributed by atoms with Gasteiger partial charge in [0.25, 0.3) is 0 Å². The molecule has 4 N–H and O–H groups in total. The normalized spacial score (nSPS) is 12.2. The van der Waals surface area contributed by atoms with Crippen molar-refractivity contribution in [3.05, 3.63) is 71.8 Å². The first-order valence-electron chi connectivity index (χ1n) is 9.56. The summed E-state index contributed by atoms with van der Waals surface area (Å²) < 4.78 is 9.84. The Morgan fingerprint density at radius 3 is 2.00 bits per heavy atom. The Kier molecular flexibility index (Phi) is 9.03. The summed E-state index contributed by atoms with van der Waals surface area (Å²) >= 11 is 0. The van der Waals surface area contributed by atoms with Gasteiger partial charge in [-0.1, -0.05) is 60.7 Å². The molecule has 0 fully saturated rings. The molecule has 0 aromatic heterocycles. The van der Waals surface area contributed by atoms with Crippen LogP contribution in [-0.4, -0.2) is 43.1 Å². The largest absolute Gasteiger partial charge is 0.467 e. The summed E-state index contributed by atoms with van der Waals surface area (Å²) in [6.07, 6.45) is -1.20. The van der Waals surface area contributed by atoms with Crippen LogP contribution in [0.4, 0.5) is 4.79 Å². The molecule has 9 nitrogen and oxygen atoms in total. The molecule has 0 aliphatic rings. The molecule has 0 saturated heterocycles. The van der Waals surface area contributed by atoms with Crippen LogP contribution < -0.4 is 16.4 Å². The van der Waals surface area contributed by atoms with E-state index in [2.05, 4.69) is 10.6 Å². The second-order valence-electron chi connectivity index (χ2n) is 6.70. The maximum atomic E-state index is 12.7. The average Bonchev–Trinajstić information content (AvgIpc) is 2.77. The van der Waals surface area contributed by atoms with Crippen molar-refractivity contribution < 1.29 is 28.7 Å². The number of ether oxygens (including phenoxy) is 2. The third-order valence-corrected chi connectivity index (χ3v) is 4.31. The van der Waals surface area contributed by atoms with Gasteiger partial charge in [0.05, 0.1) is 13.5 Å². The fourth-order valence-electron chi connectivity index (χ4n) is 2.78. The van der Waals surface area contributed by atoms with Gasteiger partial charge in [0, 0.05) is 6.42 Å². The second kappa shape index (κ2) is 12.0. The molecule has 3 amide bonds. The molecule has 0 saturated carbocycles. The lowest BCUT2D eigenvalue weighted by Crippen LogP contribution is -2.53. The van der Waals surface area contributed by atoms with Crippen molar-refractivity contribution >= 4 is 23.9 Å². The van der Waals surface area contributed by atoms with Crippen LogP contribution in [-0.2, 0) is 36.9 Å². The van der Waals surface area contributed by atoms with Crippen LogP contribution in [0, 0.1) is 0 Å². The van der Waals surface area contributed by atoms with E-state index in [9.17, 15) is 19.2 Å². The van der Waals surface area contributed by atoms with Crippen LogP contribution in [0.15, 0.2) is 60.7 Å². The van der Waals surface area contributed by atoms with E-state index in [1.807, 2.05) is 12.1 Å². The van der Waals surface area contributed by atoms with E-state index in [-0.39, 0.29) is 13.0 Å². The molecule has 2 rings (SSSR count). The Labute approximate surface area is 179 Å². The van der Waals surface area contributed by atoms with Crippen molar-refractivity contribution in [3.8, 4) is 0 Å². The highest BCUT2D eigenvalue weighted by Gasteiger charge is 2.29. The van der Waals surface area contributed by atoms with Gasteiger partial charge in [0.2, 0.25) is 11.8 Å². The smallest absolute Gasteiger partial charge is 0.408 e. The zero-order valence-corrected chi connectivity index (χ0v) is 17.1. The Balaban J connectivity index is 2.02. The molecule has 0 aliphatic heterocycles. The fourth-order valence-corrected chi connectivity index (χ4v) is 2.78. The summed E-state index contributed by atoms with van der Waals surface area (Å²) in [6.45, 7) is -0.0175. The predicted octanol–water partition coefficient (Wildman–Crippen LogP) is 1.06. The average molecular weight is 427 g/mol. The van der Waals surface area contributed by atoms with Gasteiger partial charge in [0.1, 0.15) is 18.7 Å². The minimum atomic E-state index is -1.32. The van der Waals surface area contributed by atoms with Gasteiger partial charge in [-0.15, -0.1) is 0 Å². The lowest BCUT2D eigenvalue weighted by atomic mass is 10.1. The topological polar surface area (TPSA) is 137 Å². The Morgan fingerprint density at radius 1 is 0.871 bits per heavy atom. The van der Waals surface area contributed by atoms with Crippen molar-refractivity contribution in [1.82, 2.24) is 10.6 Å². The zero-order chi connectivity index (χ0) is 22.6. The minimum Gasteiger partial charge on any atom is -0.467 e. The molecule has 2 aromatic carbocycles. The first kappa shape index (κ1) is 23.4. The van der Waals surface area contributed by atoms with Gasteiger partial charge in [-0.25, -0.2) is 9.59 Å². The zero-order valence-electron chi connectivity index (χ0n) is 17.1. The molecule has 31 heavy (non-hydrogen) atoms. The molecule has 0 radical (unpaired) electrons. The second-order valence-corrected chi connectivity index (χ2v) is 6.70. The van der Waals surface area contributed by atoms with Gasteiger partial charge < -0.3 is 25.8 Å². The lowest BCUT2D eigenvalue weighted by molar-refractivity contribution is -0.145. The number of hydrogen-bond acceptors (Lipinski definition) is 6. The van der Waals surface area contributed by atoms with Crippen LogP contribution in [0.1, 0.15) is 17.5 Å². The molecule has 2 aromatic rings. The summed E-state index contributed by atoms with van der Waals surface area (Å²) in [4.78, 5) is 48.4.